The molecule has 0 aromatic heterocycles. The van der Waals surface area contributed by atoms with Crippen LogP contribution in [0, 0.1) is 11.8 Å². The van der Waals surface area contributed by atoms with Gasteiger partial charge in [0.05, 0.1) is 19.1 Å². The van der Waals surface area contributed by atoms with Crippen LogP contribution in [0.5, 0.6) is 0 Å². The van der Waals surface area contributed by atoms with Gasteiger partial charge < -0.3 is 9.84 Å². The van der Waals surface area contributed by atoms with Crippen molar-refractivity contribution < 1.29 is 14.6 Å². The Hall–Kier alpha value is -1.35. The predicted molar refractivity (Wildman–Crippen MR) is 55.3 cm³/mol. The van der Waals surface area contributed by atoms with E-state index in [2.05, 4.69) is 0 Å². The lowest BCUT2D eigenvalue weighted by atomic mass is 10.2. The monoisotopic (exact) mass is 206 g/mol. The molecule has 0 aliphatic heterocycles. The zero-order valence-electron chi connectivity index (χ0n) is 8.43. The highest BCUT2D eigenvalue weighted by Gasteiger charge is 2.43. The average Bonchev–Trinajstić information content (AvgIpc) is 2.99. The summed E-state index contributed by atoms with van der Waals surface area (Å²) in [6.07, 6.45) is 0.768. The Morgan fingerprint density at radius 1 is 1.40 bits per heavy atom. The fourth-order valence-electron chi connectivity index (χ4n) is 1.64. The highest BCUT2D eigenvalue weighted by atomic mass is 16.5. The molecular formula is C12H14O3. The number of carboxylic acids is 1. The molecular weight excluding hydrogens is 192 g/mol. The van der Waals surface area contributed by atoms with Gasteiger partial charge in [0.2, 0.25) is 0 Å². The number of benzene rings is 1. The Kier molecular flexibility index (Phi) is 3.02. The van der Waals surface area contributed by atoms with Crippen molar-refractivity contribution in [2.75, 3.05) is 6.61 Å². The molecule has 0 heterocycles. The van der Waals surface area contributed by atoms with Crippen molar-refractivity contribution in [1.29, 1.82) is 0 Å². The van der Waals surface area contributed by atoms with Gasteiger partial charge in [0.25, 0.3) is 0 Å². The van der Waals surface area contributed by atoms with E-state index in [1.807, 2.05) is 30.3 Å². The van der Waals surface area contributed by atoms with Crippen LogP contribution >= 0.6 is 0 Å². The highest BCUT2D eigenvalue weighted by Crippen LogP contribution is 2.38. The van der Waals surface area contributed by atoms with E-state index in [1.165, 1.54) is 0 Å². The first-order valence-electron chi connectivity index (χ1n) is 5.12. The minimum Gasteiger partial charge on any atom is -0.481 e. The minimum atomic E-state index is -0.691. The van der Waals surface area contributed by atoms with Crippen molar-refractivity contribution in [3.63, 3.8) is 0 Å². The summed E-state index contributed by atoms with van der Waals surface area (Å²) < 4.78 is 5.46. The lowest BCUT2D eigenvalue weighted by Crippen LogP contribution is -2.04. The van der Waals surface area contributed by atoms with E-state index in [1.54, 1.807) is 0 Å². The molecule has 0 unspecified atom stereocenters. The summed E-state index contributed by atoms with van der Waals surface area (Å²) in [5.41, 5.74) is 1.13. The molecule has 1 aromatic carbocycles. The van der Waals surface area contributed by atoms with Gasteiger partial charge >= 0.3 is 5.97 Å². The molecule has 15 heavy (non-hydrogen) atoms. The molecule has 0 bridgehead atoms. The summed E-state index contributed by atoms with van der Waals surface area (Å²) in [6, 6.07) is 9.90. The zero-order chi connectivity index (χ0) is 10.7. The molecule has 1 fully saturated rings. The quantitative estimate of drug-likeness (QED) is 0.800. The van der Waals surface area contributed by atoms with Crippen molar-refractivity contribution in [2.24, 2.45) is 11.8 Å². The lowest BCUT2D eigenvalue weighted by Gasteiger charge is -2.02. The van der Waals surface area contributed by atoms with Gasteiger partial charge in [-0.2, -0.15) is 0 Å². The maximum atomic E-state index is 10.5. The van der Waals surface area contributed by atoms with Gasteiger partial charge in [0, 0.05) is 0 Å². The molecule has 1 aliphatic carbocycles. The molecule has 0 amide bonds. The molecule has 3 nitrogen and oxygen atoms in total. The fourth-order valence-corrected chi connectivity index (χ4v) is 1.64. The predicted octanol–water partition coefficient (Wildman–Crippen LogP) is 1.92. The molecule has 3 heteroatoms. The third-order valence-electron chi connectivity index (χ3n) is 2.68. The van der Waals surface area contributed by atoms with Gasteiger partial charge in [-0.15, -0.1) is 0 Å². The summed E-state index contributed by atoms with van der Waals surface area (Å²) >= 11 is 0. The number of carboxylic acid groups (broad SMARTS) is 1. The van der Waals surface area contributed by atoms with E-state index in [0.29, 0.717) is 13.2 Å². The first-order chi connectivity index (χ1) is 7.27. The largest absolute Gasteiger partial charge is 0.481 e. The third-order valence-corrected chi connectivity index (χ3v) is 2.68. The maximum absolute atomic E-state index is 10.5. The Balaban J connectivity index is 1.67. The molecule has 1 saturated carbocycles. The topological polar surface area (TPSA) is 46.5 Å². The van der Waals surface area contributed by atoms with Crippen molar-refractivity contribution >= 4 is 5.97 Å². The number of ether oxygens (including phenoxy) is 1. The molecule has 1 N–H and O–H groups in total. The smallest absolute Gasteiger partial charge is 0.306 e. The minimum absolute atomic E-state index is 0.166. The van der Waals surface area contributed by atoms with Crippen LogP contribution in [-0.4, -0.2) is 17.7 Å². The van der Waals surface area contributed by atoms with E-state index in [9.17, 15) is 4.79 Å². The van der Waals surface area contributed by atoms with Gasteiger partial charge in [0.15, 0.2) is 0 Å². The van der Waals surface area contributed by atoms with Crippen LogP contribution in [0.25, 0.3) is 0 Å². The Bertz CT molecular complexity index is 334. The van der Waals surface area contributed by atoms with E-state index >= 15 is 0 Å². The van der Waals surface area contributed by atoms with E-state index in [4.69, 9.17) is 9.84 Å². The van der Waals surface area contributed by atoms with Crippen LogP contribution in [0.2, 0.25) is 0 Å². The van der Waals surface area contributed by atoms with Crippen LogP contribution in [0.3, 0.4) is 0 Å². The van der Waals surface area contributed by atoms with Crippen LogP contribution in [0.1, 0.15) is 12.0 Å². The molecule has 0 saturated heterocycles. The van der Waals surface area contributed by atoms with E-state index in [0.717, 1.165) is 12.0 Å². The van der Waals surface area contributed by atoms with Crippen LogP contribution < -0.4 is 0 Å². The SMILES string of the molecule is O=C(O)[C@@H]1C[C@@H]1COCc1ccccc1. The third kappa shape index (κ3) is 2.80. The number of hydrogen-bond acceptors (Lipinski definition) is 2. The lowest BCUT2D eigenvalue weighted by molar-refractivity contribution is -0.139. The Morgan fingerprint density at radius 3 is 2.73 bits per heavy atom. The summed E-state index contributed by atoms with van der Waals surface area (Å²) in [4.78, 5) is 10.5. The zero-order valence-corrected chi connectivity index (χ0v) is 8.43. The molecule has 2 rings (SSSR count). The fraction of sp³-hybridized carbons (Fsp3) is 0.417. The summed E-state index contributed by atoms with van der Waals surface area (Å²) in [7, 11) is 0. The molecule has 2 atom stereocenters. The highest BCUT2D eigenvalue weighted by molar-refractivity contribution is 5.73. The standard InChI is InChI=1S/C12H14O3/c13-12(14)11-6-10(11)8-15-7-9-4-2-1-3-5-9/h1-5,10-11H,6-8H2,(H,13,14)/t10-,11-/m1/s1. The normalized spacial score (nSPS) is 23.7. The van der Waals surface area contributed by atoms with Crippen molar-refractivity contribution in [3.8, 4) is 0 Å². The summed E-state index contributed by atoms with van der Waals surface area (Å²) in [5.74, 6) is -0.629. The maximum Gasteiger partial charge on any atom is 0.306 e. The van der Waals surface area contributed by atoms with Gasteiger partial charge in [-0.05, 0) is 17.9 Å². The first kappa shape index (κ1) is 10.2. The molecule has 80 valence electrons. The van der Waals surface area contributed by atoms with Gasteiger partial charge in [-0.25, -0.2) is 0 Å². The number of carbonyl (C=O) groups is 1. The van der Waals surface area contributed by atoms with Crippen molar-refractivity contribution in [1.82, 2.24) is 0 Å². The summed E-state index contributed by atoms with van der Waals surface area (Å²) in [5, 5.41) is 8.68. The summed E-state index contributed by atoms with van der Waals surface area (Å²) in [6.45, 7) is 1.13. The molecule has 0 radical (unpaired) electrons. The van der Waals surface area contributed by atoms with Gasteiger partial charge in [-0.1, -0.05) is 30.3 Å². The van der Waals surface area contributed by atoms with E-state index in [-0.39, 0.29) is 11.8 Å². The molecule has 1 aromatic rings. The Morgan fingerprint density at radius 2 is 2.13 bits per heavy atom. The molecule has 1 aliphatic rings. The van der Waals surface area contributed by atoms with Crippen LogP contribution in [0.4, 0.5) is 0 Å². The average molecular weight is 206 g/mol. The van der Waals surface area contributed by atoms with Crippen LogP contribution in [0.15, 0.2) is 30.3 Å². The second-order valence-corrected chi connectivity index (χ2v) is 3.94. The van der Waals surface area contributed by atoms with Gasteiger partial charge in [0.1, 0.15) is 0 Å². The van der Waals surface area contributed by atoms with Gasteiger partial charge in [-0.3, -0.25) is 4.79 Å². The second kappa shape index (κ2) is 4.45. The number of hydrogen-bond donors (Lipinski definition) is 1. The Labute approximate surface area is 88.7 Å². The van der Waals surface area contributed by atoms with E-state index < -0.39 is 5.97 Å². The van der Waals surface area contributed by atoms with Crippen molar-refractivity contribution in [3.05, 3.63) is 35.9 Å². The number of aliphatic carboxylic acids is 1. The van der Waals surface area contributed by atoms with Crippen molar-refractivity contribution in [2.45, 2.75) is 13.0 Å². The first-order valence-corrected chi connectivity index (χ1v) is 5.12. The van der Waals surface area contributed by atoms with Crippen LogP contribution in [-0.2, 0) is 16.1 Å². The second-order valence-electron chi connectivity index (χ2n) is 3.94. The molecule has 0 spiro atoms. The number of rotatable bonds is 5.